The van der Waals surface area contributed by atoms with Crippen LogP contribution in [-0.4, -0.2) is 35.7 Å². The van der Waals surface area contributed by atoms with E-state index in [-0.39, 0.29) is 11.9 Å². The molecule has 1 saturated heterocycles. The van der Waals surface area contributed by atoms with Gasteiger partial charge in [0.05, 0.1) is 18.3 Å². The summed E-state index contributed by atoms with van der Waals surface area (Å²) >= 11 is 0. The van der Waals surface area contributed by atoms with Crippen LogP contribution in [0.2, 0.25) is 0 Å². The SMILES string of the molecule is Cc1cccnc1C(C)NC(=O)CCN1CCCO1. The first-order valence-corrected chi connectivity index (χ1v) is 6.75. The third-order valence-electron chi connectivity index (χ3n) is 3.25. The van der Waals surface area contributed by atoms with E-state index in [9.17, 15) is 4.79 Å². The van der Waals surface area contributed by atoms with Gasteiger partial charge in [0.1, 0.15) is 0 Å². The maximum Gasteiger partial charge on any atom is 0.221 e. The van der Waals surface area contributed by atoms with E-state index in [0.717, 1.165) is 30.8 Å². The monoisotopic (exact) mass is 263 g/mol. The lowest BCUT2D eigenvalue weighted by Gasteiger charge is -2.17. The van der Waals surface area contributed by atoms with Crippen LogP contribution < -0.4 is 5.32 Å². The zero-order valence-corrected chi connectivity index (χ0v) is 11.6. The zero-order valence-electron chi connectivity index (χ0n) is 11.6. The van der Waals surface area contributed by atoms with E-state index in [4.69, 9.17) is 4.84 Å². The molecule has 5 nitrogen and oxygen atoms in total. The second kappa shape index (κ2) is 6.63. The summed E-state index contributed by atoms with van der Waals surface area (Å²) in [4.78, 5) is 21.5. The molecule has 0 aliphatic carbocycles. The number of rotatable bonds is 5. The quantitative estimate of drug-likeness (QED) is 0.876. The van der Waals surface area contributed by atoms with E-state index < -0.39 is 0 Å². The van der Waals surface area contributed by atoms with Crippen molar-refractivity contribution in [2.75, 3.05) is 19.7 Å². The number of nitrogens with zero attached hydrogens (tertiary/aromatic N) is 2. The second-order valence-corrected chi connectivity index (χ2v) is 4.86. The lowest BCUT2D eigenvalue weighted by molar-refractivity contribution is -0.130. The van der Waals surface area contributed by atoms with Gasteiger partial charge in [0.2, 0.25) is 5.91 Å². The molecule has 1 fully saturated rings. The highest BCUT2D eigenvalue weighted by Crippen LogP contribution is 2.13. The summed E-state index contributed by atoms with van der Waals surface area (Å²) in [5.41, 5.74) is 2.02. The Kier molecular flexibility index (Phi) is 4.87. The Labute approximate surface area is 113 Å². The number of amides is 1. The topological polar surface area (TPSA) is 54.5 Å². The maximum atomic E-state index is 11.9. The molecular weight excluding hydrogens is 242 g/mol. The van der Waals surface area contributed by atoms with Gasteiger partial charge in [0.15, 0.2) is 0 Å². The molecule has 1 aliphatic heterocycles. The summed E-state index contributed by atoms with van der Waals surface area (Å²) in [5.74, 6) is 0.0352. The highest BCUT2D eigenvalue weighted by atomic mass is 16.7. The van der Waals surface area contributed by atoms with Crippen molar-refractivity contribution in [3.05, 3.63) is 29.6 Å². The Bertz CT molecular complexity index is 430. The molecule has 0 saturated carbocycles. The van der Waals surface area contributed by atoms with Gasteiger partial charge in [0, 0.05) is 25.7 Å². The van der Waals surface area contributed by atoms with Crippen LogP contribution in [0.15, 0.2) is 18.3 Å². The lowest BCUT2D eigenvalue weighted by Crippen LogP contribution is -2.31. The standard InChI is InChI=1S/C14H21N3O2/c1-11-5-3-7-15-14(11)12(2)16-13(18)6-9-17-8-4-10-19-17/h3,5,7,12H,4,6,8-10H2,1-2H3,(H,16,18). The highest BCUT2D eigenvalue weighted by Gasteiger charge is 2.16. The molecule has 1 N–H and O–H groups in total. The van der Waals surface area contributed by atoms with Crippen LogP contribution in [0.1, 0.15) is 37.1 Å². The second-order valence-electron chi connectivity index (χ2n) is 4.86. The van der Waals surface area contributed by atoms with Gasteiger partial charge in [-0.25, -0.2) is 0 Å². The first-order chi connectivity index (χ1) is 9.16. The number of nitrogens with one attached hydrogen (secondary N) is 1. The van der Waals surface area contributed by atoms with Gasteiger partial charge in [-0.15, -0.1) is 0 Å². The Balaban J connectivity index is 1.79. The number of hydrogen-bond acceptors (Lipinski definition) is 4. The molecule has 104 valence electrons. The van der Waals surface area contributed by atoms with E-state index in [1.807, 2.05) is 31.0 Å². The van der Waals surface area contributed by atoms with Gasteiger partial charge in [-0.1, -0.05) is 6.07 Å². The molecule has 2 heterocycles. The Morgan fingerprint density at radius 1 is 1.63 bits per heavy atom. The number of carbonyl (C=O) groups is 1. The summed E-state index contributed by atoms with van der Waals surface area (Å²) in [7, 11) is 0. The molecule has 0 bridgehead atoms. The fourth-order valence-corrected chi connectivity index (χ4v) is 2.23. The molecule has 1 aliphatic rings. The van der Waals surface area contributed by atoms with Crippen molar-refractivity contribution in [3.8, 4) is 0 Å². The molecule has 1 atom stereocenters. The maximum absolute atomic E-state index is 11.9. The van der Waals surface area contributed by atoms with Gasteiger partial charge in [-0.05, 0) is 31.9 Å². The number of aryl methyl sites for hydroxylation is 1. The van der Waals surface area contributed by atoms with Gasteiger partial charge < -0.3 is 5.32 Å². The van der Waals surface area contributed by atoms with Crippen LogP contribution >= 0.6 is 0 Å². The van der Waals surface area contributed by atoms with Crippen molar-refractivity contribution < 1.29 is 9.63 Å². The van der Waals surface area contributed by atoms with Crippen molar-refractivity contribution in [2.45, 2.75) is 32.7 Å². The molecule has 0 aromatic carbocycles. The van der Waals surface area contributed by atoms with Crippen molar-refractivity contribution in [1.29, 1.82) is 0 Å². The van der Waals surface area contributed by atoms with Crippen molar-refractivity contribution in [3.63, 3.8) is 0 Å². The highest BCUT2D eigenvalue weighted by molar-refractivity contribution is 5.76. The van der Waals surface area contributed by atoms with Crippen LogP contribution in [-0.2, 0) is 9.63 Å². The first kappa shape index (κ1) is 14.0. The molecular formula is C14H21N3O2. The van der Waals surface area contributed by atoms with Crippen LogP contribution in [0.5, 0.6) is 0 Å². The third kappa shape index (κ3) is 4.01. The van der Waals surface area contributed by atoms with Gasteiger partial charge in [-0.2, -0.15) is 5.06 Å². The average Bonchev–Trinajstić information content (AvgIpc) is 2.90. The summed E-state index contributed by atoms with van der Waals surface area (Å²) in [6, 6.07) is 3.84. The third-order valence-corrected chi connectivity index (χ3v) is 3.25. The molecule has 0 radical (unpaired) electrons. The van der Waals surface area contributed by atoms with Crippen LogP contribution in [0, 0.1) is 6.92 Å². The van der Waals surface area contributed by atoms with Crippen LogP contribution in [0.4, 0.5) is 0 Å². The molecule has 19 heavy (non-hydrogen) atoms. The van der Waals surface area contributed by atoms with Gasteiger partial charge >= 0.3 is 0 Å². The van der Waals surface area contributed by atoms with E-state index in [2.05, 4.69) is 10.3 Å². The molecule has 1 unspecified atom stereocenters. The minimum absolute atomic E-state index is 0.0352. The number of aromatic nitrogens is 1. The predicted molar refractivity (Wildman–Crippen MR) is 72.3 cm³/mol. The average molecular weight is 263 g/mol. The number of hydroxylamine groups is 2. The Morgan fingerprint density at radius 3 is 3.16 bits per heavy atom. The molecule has 2 rings (SSSR count). The van der Waals surface area contributed by atoms with Crippen molar-refractivity contribution in [1.82, 2.24) is 15.4 Å². The predicted octanol–water partition coefficient (Wildman–Crippen LogP) is 1.59. The molecule has 0 spiro atoms. The van der Waals surface area contributed by atoms with Crippen molar-refractivity contribution in [2.24, 2.45) is 0 Å². The summed E-state index contributed by atoms with van der Waals surface area (Å²) in [6.45, 7) is 6.30. The number of hydrogen-bond donors (Lipinski definition) is 1. The van der Waals surface area contributed by atoms with E-state index in [0.29, 0.717) is 13.0 Å². The number of pyridine rings is 1. The van der Waals surface area contributed by atoms with E-state index in [1.165, 1.54) is 0 Å². The molecule has 5 heteroatoms. The van der Waals surface area contributed by atoms with Crippen LogP contribution in [0.25, 0.3) is 0 Å². The Hall–Kier alpha value is -1.46. The lowest BCUT2D eigenvalue weighted by atomic mass is 10.1. The number of carbonyl (C=O) groups excluding carboxylic acids is 1. The minimum atomic E-state index is -0.0619. The largest absolute Gasteiger partial charge is 0.348 e. The summed E-state index contributed by atoms with van der Waals surface area (Å²) in [6.07, 6.45) is 3.25. The van der Waals surface area contributed by atoms with Crippen LogP contribution in [0.3, 0.4) is 0 Å². The van der Waals surface area contributed by atoms with E-state index in [1.54, 1.807) is 6.20 Å². The minimum Gasteiger partial charge on any atom is -0.348 e. The summed E-state index contributed by atoms with van der Waals surface area (Å²) < 4.78 is 0. The Morgan fingerprint density at radius 2 is 2.47 bits per heavy atom. The van der Waals surface area contributed by atoms with Gasteiger partial charge in [-0.3, -0.25) is 14.6 Å². The zero-order chi connectivity index (χ0) is 13.7. The van der Waals surface area contributed by atoms with Gasteiger partial charge in [0.25, 0.3) is 0 Å². The fraction of sp³-hybridized carbons (Fsp3) is 0.571. The fourth-order valence-electron chi connectivity index (χ4n) is 2.23. The van der Waals surface area contributed by atoms with E-state index >= 15 is 0 Å². The first-order valence-electron chi connectivity index (χ1n) is 6.75. The molecule has 1 amide bonds. The van der Waals surface area contributed by atoms with Crippen molar-refractivity contribution >= 4 is 5.91 Å². The molecule has 1 aromatic rings. The summed E-state index contributed by atoms with van der Waals surface area (Å²) in [5, 5.41) is 4.83. The molecule has 1 aromatic heterocycles. The smallest absolute Gasteiger partial charge is 0.221 e. The normalized spacial score (nSPS) is 17.4.